The van der Waals surface area contributed by atoms with Crippen molar-refractivity contribution in [3.63, 3.8) is 0 Å². The molecular weight excluding hydrogens is 299 g/mol. The second-order valence-electron chi connectivity index (χ2n) is 0. The molecule has 27 valence electrons. The van der Waals surface area contributed by atoms with E-state index in [1.54, 1.807) is 0 Å². The Labute approximate surface area is 56.5 Å². The van der Waals surface area contributed by atoms with Crippen LogP contribution in [0.2, 0.25) is 0 Å². The van der Waals surface area contributed by atoms with Gasteiger partial charge in [-0.05, 0) is 0 Å². The van der Waals surface area contributed by atoms with Crippen molar-refractivity contribution in [2.45, 2.75) is 0 Å². The van der Waals surface area contributed by atoms with Gasteiger partial charge in [0.15, 0.2) is 0 Å². The molecule has 0 fully saturated rings. The van der Waals surface area contributed by atoms with E-state index in [0.29, 0.717) is 0 Å². The maximum Gasteiger partial charge on any atom is 2.00 e. The Balaban J connectivity index is 0. The summed E-state index contributed by atoms with van der Waals surface area (Å²) in [6, 6.07) is 0. The van der Waals surface area contributed by atoms with Crippen molar-refractivity contribution in [2.24, 2.45) is 0 Å². The van der Waals surface area contributed by atoms with Gasteiger partial charge in [-0.3, -0.25) is 0 Å². The standard InChI is InChI=1S/Cu.2H3N.Pb/h;2*1H3;/q+2;;;+2. The van der Waals surface area contributed by atoms with E-state index in [4.69, 9.17) is 0 Å². The van der Waals surface area contributed by atoms with Crippen LogP contribution >= 0.6 is 0 Å². The molecule has 6 N–H and O–H groups in total. The van der Waals surface area contributed by atoms with E-state index >= 15 is 0 Å². The summed E-state index contributed by atoms with van der Waals surface area (Å²) in [5.41, 5.74) is 0. The maximum atomic E-state index is 0. The van der Waals surface area contributed by atoms with Gasteiger partial charge in [-0.25, -0.2) is 0 Å². The quantitative estimate of drug-likeness (QED) is 0.616. The normalized spacial score (nSPS) is 0. The summed E-state index contributed by atoms with van der Waals surface area (Å²) in [5.74, 6) is 0. The van der Waals surface area contributed by atoms with Crippen LogP contribution < -0.4 is 12.3 Å². The predicted octanol–water partition coefficient (Wildman–Crippen LogP) is -0.0593. The average molecular weight is 305 g/mol. The average Bonchev–Trinajstić information content (AvgIpc) is 0. The minimum Gasteiger partial charge on any atom is -0.344 e. The molecule has 4 heteroatoms. The summed E-state index contributed by atoms with van der Waals surface area (Å²) in [5, 5.41) is 0. The first-order valence-corrected chi connectivity index (χ1v) is 0. The van der Waals surface area contributed by atoms with Gasteiger partial charge >= 0.3 is 44.4 Å². The molecule has 0 rings (SSSR count). The first kappa shape index (κ1) is 55.0. The van der Waals surface area contributed by atoms with Crippen LogP contribution in [0.15, 0.2) is 0 Å². The van der Waals surface area contributed by atoms with E-state index in [9.17, 15) is 0 Å². The van der Waals surface area contributed by atoms with Gasteiger partial charge in [0.05, 0.1) is 0 Å². The van der Waals surface area contributed by atoms with E-state index in [2.05, 4.69) is 0 Å². The van der Waals surface area contributed by atoms with Crippen LogP contribution in [0.4, 0.5) is 0 Å². The molecule has 0 unspecified atom stereocenters. The molecular formula is H6CuN2Pb+4. The molecule has 0 bridgehead atoms. The molecule has 0 aromatic rings. The molecule has 4 heavy (non-hydrogen) atoms. The Hall–Kier alpha value is 1.36. The van der Waals surface area contributed by atoms with Crippen molar-refractivity contribution >= 4 is 27.3 Å². The van der Waals surface area contributed by atoms with Gasteiger partial charge in [0.25, 0.3) is 0 Å². The zero-order valence-electron chi connectivity index (χ0n) is 2.22. The van der Waals surface area contributed by atoms with E-state index in [1.165, 1.54) is 0 Å². The summed E-state index contributed by atoms with van der Waals surface area (Å²) < 4.78 is 0. The molecule has 0 aliphatic rings. The molecule has 0 aromatic heterocycles. The van der Waals surface area contributed by atoms with Crippen LogP contribution in [-0.2, 0) is 17.1 Å². The summed E-state index contributed by atoms with van der Waals surface area (Å²) in [6.07, 6.45) is 0. The number of rotatable bonds is 0. The fourth-order valence-electron chi connectivity index (χ4n) is 0. The van der Waals surface area contributed by atoms with Crippen molar-refractivity contribution < 1.29 is 17.1 Å². The van der Waals surface area contributed by atoms with E-state index < -0.39 is 0 Å². The minimum absolute atomic E-state index is 0. The summed E-state index contributed by atoms with van der Waals surface area (Å²) in [4.78, 5) is 0. The van der Waals surface area contributed by atoms with Gasteiger partial charge < -0.3 is 12.3 Å². The third kappa shape index (κ3) is 10.1. The largest absolute Gasteiger partial charge is 2.00 e. The Morgan fingerprint density at radius 2 is 0.750 bits per heavy atom. The predicted molar refractivity (Wildman–Crippen MR) is 15.8 cm³/mol. The second-order valence-corrected chi connectivity index (χ2v) is 0. The van der Waals surface area contributed by atoms with Gasteiger partial charge in [-0.2, -0.15) is 0 Å². The van der Waals surface area contributed by atoms with Crippen LogP contribution in [0.5, 0.6) is 0 Å². The third-order valence-corrected chi connectivity index (χ3v) is 0. The van der Waals surface area contributed by atoms with Crippen LogP contribution in [0, 0.1) is 0 Å². The Bertz CT molecular complexity index is 6.00. The van der Waals surface area contributed by atoms with Crippen molar-refractivity contribution in [2.75, 3.05) is 0 Å². The fraction of sp³-hybridized carbons (Fsp3) is 0. The summed E-state index contributed by atoms with van der Waals surface area (Å²) in [7, 11) is 0. The molecule has 0 heterocycles. The van der Waals surface area contributed by atoms with Crippen LogP contribution in [0.25, 0.3) is 0 Å². The van der Waals surface area contributed by atoms with Gasteiger partial charge in [0.2, 0.25) is 0 Å². The molecule has 0 atom stereocenters. The Morgan fingerprint density at radius 1 is 0.750 bits per heavy atom. The Kier molecular flexibility index (Phi) is 366. The van der Waals surface area contributed by atoms with Crippen molar-refractivity contribution in [3.8, 4) is 0 Å². The van der Waals surface area contributed by atoms with E-state index in [0.717, 1.165) is 0 Å². The zero-order valence-corrected chi connectivity index (χ0v) is 7.04. The monoisotopic (exact) mass is 305 g/mol. The molecule has 0 spiro atoms. The summed E-state index contributed by atoms with van der Waals surface area (Å²) >= 11 is 0. The molecule has 0 aliphatic heterocycles. The third-order valence-electron chi connectivity index (χ3n) is 0. The van der Waals surface area contributed by atoms with E-state index in [1.807, 2.05) is 0 Å². The minimum atomic E-state index is 0. The maximum absolute atomic E-state index is 0. The first-order chi connectivity index (χ1) is 0. The molecule has 2 nitrogen and oxygen atoms in total. The van der Waals surface area contributed by atoms with Crippen LogP contribution in [0.1, 0.15) is 0 Å². The summed E-state index contributed by atoms with van der Waals surface area (Å²) in [6.45, 7) is 0. The molecule has 0 aromatic carbocycles. The van der Waals surface area contributed by atoms with Crippen molar-refractivity contribution in [3.05, 3.63) is 0 Å². The topological polar surface area (TPSA) is 70.0 Å². The van der Waals surface area contributed by atoms with Gasteiger partial charge in [0, 0.05) is 0 Å². The van der Waals surface area contributed by atoms with Crippen molar-refractivity contribution in [1.29, 1.82) is 0 Å². The molecule has 0 saturated carbocycles. The zero-order chi connectivity index (χ0) is 0. The molecule has 0 amide bonds. The first-order valence-electron chi connectivity index (χ1n) is 0. The second kappa shape index (κ2) is 26.6. The number of hydrogen-bond donors (Lipinski definition) is 2. The smallest absolute Gasteiger partial charge is 0.344 e. The molecule has 0 saturated heterocycles. The molecule has 0 aliphatic carbocycles. The van der Waals surface area contributed by atoms with Gasteiger partial charge in [0.1, 0.15) is 0 Å². The van der Waals surface area contributed by atoms with Crippen molar-refractivity contribution in [1.82, 2.24) is 12.3 Å². The Morgan fingerprint density at radius 3 is 0.750 bits per heavy atom. The molecule has 3 radical (unpaired) electrons. The fourth-order valence-corrected chi connectivity index (χ4v) is 0. The van der Waals surface area contributed by atoms with E-state index in [-0.39, 0.29) is 56.7 Å². The van der Waals surface area contributed by atoms with Crippen LogP contribution in [0.3, 0.4) is 0 Å². The van der Waals surface area contributed by atoms with Crippen LogP contribution in [-0.4, -0.2) is 27.3 Å². The van der Waals surface area contributed by atoms with Gasteiger partial charge in [-0.15, -0.1) is 0 Å². The SMILES string of the molecule is N.N.[Cu+2].[Pb+2]. The number of hydrogen-bond acceptors (Lipinski definition) is 2. The van der Waals surface area contributed by atoms with Gasteiger partial charge in [-0.1, -0.05) is 0 Å².